The number of nitrogens with zero attached hydrogens (tertiary/aromatic N) is 2. The second-order valence-electron chi connectivity index (χ2n) is 7.50. The average molecular weight is 404 g/mol. The predicted octanol–water partition coefficient (Wildman–Crippen LogP) is 3.88. The fraction of sp³-hybridized carbons (Fsp3) is 0.824. The third-order valence-corrected chi connectivity index (χ3v) is 6.28. The molecule has 1 heterocycles. The van der Waals surface area contributed by atoms with Gasteiger partial charge in [-0.1, -0.05) is 43.2 Å². The monoisotopic (exact) mass is 403 g/mol. The van der Waals surface area contributed by atoms with Gasteiger partial charge >= 0.3 is 12.2 Å². The van der Waals surface area contributed by atoms with Crippen molar-refractivity contribution in [2.24, 2.45) is 0 Å². The number of rotatable bonds is 3. The predicted molar refractivity (Wildman–Crippen MR) is 106 cm³/mol. The van der Waals surface area contributed by atoms with Crippen LogP contribution >= 0.6 is 24.0 Å². The van der Waals surface area contributed by atoms with Gasteiger partial charge in [-0.25, -0.2) is 9.59 Å². The Morgan fingerprint density at radius 2 is 1.92 bits per heavy atom. The first-order chi connectivity index (χ1) is 12.2. The normalized spacial score (nSPS) is 23.1. The molecule has 1 saturated carbocycles. The minimum atomic E-state index is -0.925. The number of thioether (sulfide) groups is 1. The molecule has 26 heavy (non-hydrogen) atoms. The maximum absolute atomic E-state index is 13.0. The second kappa shape index (κ2) is 8.65. The number of hydrogen-bond acceptors (Lipinski definition) is 6. The lowest BCUT2D eigenvalue weighted by Crippen LogP contribution is -2.60. The molecule has 0 aromatic heterocycles. The number of ether oxygens (including phenoxy) is 1. The van der Waals surface area contributed by atoms with Crippen LogP contribution in [0.2, 0.25) is 0 Å². The average Bonchev–Trinajstić information content (AvgIpc) is 2.81. The Labute approximate surface area is 165 Å². The van der Waals surface area contributed by atoms with E-state index in [0.29, 0.717) is 4.32 Å². The third-order valence-electron chi connectivity index (χ3n) is 4.70. The van der Waals surface area contributed by atoms with Crippen molar-refractivity contribution in [3.05, 3.63) is 0 Å². The van der Waals surface area contributed by atoms with Crippen LogP contribution in [0.5, 0.6) is 0 Å². The molecule has 2 aliphatic rings. The van der Waals surface area contributed by atoms with Crippen LogP contribution in [-0.2, 0) is 9.57 Å². The Balaban J connectivity index is 2.27. The van der Waals surface area contributed by atoms with Crippen molar-refractivity contribution in [3.63, 3.8) is 0 Å². The van der Waals surface area contributed by atoms with Gasteiger partial charge in [-0.15, -0.1) is 5.06 Å². The van der Waals surface area contributed by atoms with Gasteiger partial charge in [-0.05, 0) is 40.5 Å². The van der Waals surface area contributed by atoms with Crippen LogP contribution in [-0.4, -0.2) is 56.6 Å². The molecule has 1 saturated heterocycles. The molecule has 7 nitrogen and oxygen atoms in total. The van der Waals surface area contributed by atoms with E-state index in [1.54, 1.807) is 0 Å². The van der Waals surface area contributed by atoms with E-state index in [1.807, 2.05) is 32.6 Å². The first-order valence-electron chi connectivity index (χ1n) is 9.04. The molecule has 9 heteroatoms. The number of thiocarbonyl (C=S) groups is 1. The third kappa shape index (κ3) is 4.73. The highest BCUT2D eigenvalue weighted by Gasteiger charge is 2.52. The lowest BCUT2D eigenvalue weighted by atomic mass is 9.96. The molecule has 0 aromatic carbocycles. The zero-order valence-corrected chi connectivity index (χ0v) is 17.7. The summed E-state index contributed by atoms with van der Waals surface area (Å²) >= 11 is 7.01. The molecule has 1 aliphatic carbocycles. The first kappa shape index (κ1) is 21.1. The second-order valence-corrected chi connectivity index (χ2v) is 9.79. The summed E-state index contributed by atoms with van der Waals surface area (Å²) in [5, 5.41) is 4.12. The summed E-state index contributed by atoms with van der Waals surface area (Å²) in [6.45, 7) is 7.96. The van der Waals surface area contributed by atoms with E-state index in [4.69, 9.17) is 17.1 Å². The van der Waals surface area contributed by atoms with E-state index in [2.05, 4.69) is 10.1 Å². The molecule has 0 spiro atoms. The summed E-state index contributed by atoms with van der Waals surface area (Å²) in [6, 6.07) is -0.291. The molecule has 0 aromatic rings. The minimum absolute atomic E-state index is 0.0491. The molecular formula is C17H29N3O4S2. The van der Waals surface area contributed by atoms with Crippen molar-refractivity contribution < 1.29 is 19.2 Å². The van der Waals surface area contributed by atoms with Crippen molar-refractivity contribution in [2.75, 3.05) is 7.11 Å². The molecule has 148 valence electrons. The van der Waals surface area contributed by atoms with E-state index in [9.17, 15) is 9.59 Å². The highest BCUT2D eigenvalue weighted by Crippen LogP contribution is 2.44. The van der Waals surface area contributed by atoms with Gasteiger partial charge < -0.3 is 15.0 Å². The van der Waals surface area contributed by atoms with Crippen molar-refractivity contribution >= 4 is 40.5 Å². The van der Waals surface area contributed by atoms with Gasteiger partial charge in [0, 0.05) is 12.1 Å². The van der Waals surface area contributed by atoms with Crippen molar-refractivity contribution in [1.29, 1.82) is 0 Å². The number of amides is 2. The van der Waals surface area contributed by atoms with Crippen LogP contribution in [0.15, 0.2) is 0 Å². The van der Waals surface area contributed by atoms with Crippen LogP contribution in [0.3, 0.4) is 0 Å². The SMILES string of the molecule is COC(=O)ON(C(=O)NC1CCCCC1)C1N(C(C)C)C(=S)SC1(C)C. The fourth-order valence-corrected chi connectivity index (χ4v) is 5.59. The van der Waals surface area contributed by atoms with E-state index in [1.165, 1.54) is 25.3 Å². The zero-order valence-electron chi connectivity index (χ0n) is 16.1. The maximum Gasteiger partial charge on any atom is 0.533 e. The summed E-state index contributed by atoms with van der Waals surface area (Å²) in [4.78, 5) is 32.1. The molecule has 1 N–H and O–H groups in total. The van der Waals surface area contributed by atoms with Gasteiger partial charge in [0.15, 0.2) is 6.17 Å². The molecule has 0 bridgehead atoms. The van der Waals surface area contributed by atoms with Gasteiger partial charge in [0.05, 0.1) is 11.9 Å². The van der Waals surface area contributed by atoms with Crippen molar-refractivity contribution in [3.8, 4) is 0 Å². The number of carbonyl (C=O) groups excluding carboxylic acids is 2. The number of nitrogens with one attached hydrogen (secondary N) is 1. The molecule has 2 fully saturated rings. The number of urea groups is 1. The van der Waals surface area contributed by atoms with Crippen LogP contribution in [0.4, 0.5) is 9.59 Å². The highest BCUT2D eigenvalue weighted by atomic mass is 32.2. The Morgan fingerprint density at radius 3 is 2.46 bits per heavy atom. The molecule has 1 unspecified atom stereocenters. The van der Waals surface area contributed by atoms with Crippen LogP contribution in [0, 0.1) is 0 Å². The Morgan fingerprint density at radius 1 is 1.31 bits per heavy atom. The van der Waals surface area contributed by atoms with Crippen molar-refractivity contribution in [2.45, 2.75) is 82.8 Å². The van der Waals surface area contributed by atoms with Gasteiger partial charge in [-0.2, -0.15) is 0 Å². The zero-order chi connectivity index (χ0) is 19.5. The lowest BCUT2D eigenvalue weighted by molar-refractivity contribution is -0.146. The van der Waals surface area contributed by atoms with Gasteiger partial charge in [-0.3, -0.25) is 4.84 Å². The molecule has 0 radical (unpaired) electrons. The Hall–Kier alpha value is -1.22. The van der Waals surface area contributed by atoms with Crippen LogP contribution in [0.25, 0.3) is 0 Å². The summed E-state index contributed by atoms with van der Waals surface area (Å²) in [7, 11) is 1.22. The van der Waals surface area contributed by atoms with Gasteiger partial charge in [0.1, 0.15) is 4.32 Å². The van der Waals surface area contributed by atoms with E-state index in [-0.39, 0.29) is 12.1 Å². The fourth-order valence-electron chi connectivity index (χ4n) is 3.46. The Kier molecular flexibility index (Phi) is 7.01. The molecule has 1 aliphatic heterocycles. The summed E-state index contributed by atoms with van der Waals surface area (Å²) in [5.74, 6) is 0. The van der Waals surface area contributed by atoms with Gasteiger partial charge in [0.25, 0.3) is 0 Å². The van der Waals surface area contributed by atoms with E-state index >= 15 is 0 Å². The molecule has 2 rings (SSSR count). The standard InChI is InChI=1S/C17H29N3O4S2/c1-11(2)19-13(17(3,4)26-15(19)25)20(24-16(22)23-5)14(21)18-12-9-7-6-8-10-12/h11-13H,6-10H2,1-5H3,(H,18,21). The quantitative estimate of drug-likeness (QED) is 0.436. The maximum atomic E-state index is 13.0. The number of carbonyl (C=O) groups is 2. The highest BCUT2D eigenvalue weighted by molar-refractivity contribution is 8.24. The molecular weight excluding hydrogens is 374 g/mol. The molecule has 1 atom stereocenters. The summed E-state index contributed by atoms with van der Waals surface area (Å²) in [6.07, 6.45) is 3.80. The first-order valence-corrected chi connectivity index (χ1v) is 10.3. The summed E-state index contributed by atoms with van der Waals surface area (Å²) < 4.78 is 4.86. The topological polar surface area (TPSA) is 71.1 Å². The van der Waals surface area contributed by atoms with Gasteiger partial charge in [0.2, 0.25) is 0 Å². The van der Waals surface area contributed by atoms with E-state index in [0.717, 1.165) is 30.7 Å². The summed E-state index contributed by atoms with van der Waals surface area (Å²) in [5.41, 5.74) is 0. The van der Waals surface area contributed by atoms with E-state index < -0.39 is 23.1 Å². The smallest absolute Gasteiger partial charge is 0.436 e. The van der Waals surface area contributed by atoms with Crippen molar-refractivity contribution in [1.82, 2.24) is 15.3 Å². The minimum Gasteiger partial charge on any atom is -0.436 e. The number of hydrogen-bond donors (Lipinski definition) is 1. The number of hydroxylamine groups is 2. The number of methoxy groups -OCH3 is 1. The van der Waals surface area contributed by atoms with Crippen LogP contribution < -0.4 is 5.32 Å². The van der Waals surface area contributed by atoms with Crippen LogP contribution in [0.1, 0.15) is 59.8 Å². The largest absolute Gasteiger partial charge is 0.533 e. The lowest BCUT2D eigenvalue weighted by Gasteiger charge is -2.40. The Bertz CT molecular complexity index is 550. The molecule has 2 amide bonds.